The van der Waals surface area contributed by atoms with E-state index in [0.29, 0.717) is 10.7 Å². The molecule has 0 fully saturated rings. The lowest BCUT2D eigenvalue weighted by atomic mass is 10.2. The summed E-state index contributed by atoms with van der Waals surface area (Å²) in [6, 6.07) is 4.20. The van der Waals surface area contributed by atoms with Crippen molar-refractivity contribution in [1.82, 2.24) is 0 Å². The third-order valence-electron chi connectivity index (χ3n) is 1.17. The molecule has 0 unspecified atom stereocenters. The van der Waals surface area contributed by atoms with Crippen molar-refractivity contribution in [1.29, 1.82) is 0 Å². The minimum Gasteiger partial charge on any atom is -0.478 e. The second-order valence-electron chi connectivity index (χ2n) is 2.08. The van der Waals surface area contributed by atoms with Gasteiger partial charge < -0.3 is 10.8 Å². The molecule has 0 spiro atoms. The monoisotopic (exact) mass is 207 g/mol. The highest BCUT2D eigenvalue weighted by atomic mass is 35.5. The molecule has 0 amide bonds. The molecule has 0 bridgehead atoms. The first kappa shape index (κ1) is 11.1. The zero-order chi connectivity index (χ0) is 8.43. The Morgan fingerprint density at radius 2 is 2.00 bits per heavy atom. The number of carboxylic acid groups (broad SMARTS) is 1. The Balaban J connectivity index is 0.00000121. The van der Waals surface area contributed by atoms with E-state index in [4.69, 9.17) is 22.4 Å². The normalized spacial score (nSPS) is 8.75. The fraction of sp³-hybridized carbons (Fsp3) is 0. The molecule has 0 heterocycles. The molecule has 0 saturated heterocycles. The number of nitrogens with two attached hydrogens (primary N) is 1. The Kier molecular flexibility index (Phi) is 3.86. The van der Waals surface area contributed by atoms with Crippen molar-refractivity contribution in [2.75, 3.05) is 5.73 Å². The van der Waals surface area contributed by atoms with Gasteiger partial charge >= 0.3 is 5.97 Å². The van der Waals surface area contributed by atoms with Crippen LogP contribution >= 0.6 is 24.0 Å². The van der Waals surface area contributed by atoms with Crippen molar-refractivity contribution in [2.45, 2.75) is 0 Å². The van der Waals surface area contributed by atoms with Crippen LogP contribution in [-0.2, 0) is 0 Å². The summed E-state index contributed by atoms with van der Waals surface area (Å²) in [7, 11) is 0. The molecule has 0 radical (unpaired) electrons. The molecule has 0 aliphatic carbocycles. The summed E-state index contributed by atoms with van der Waals surface area (Å²) in [5.41, 5.74) is 5.81. The number of rotatable bonds is 1. The average molecular weight is 208 g/mol. The predicted octanol–water partition coefficient (Wildman–Crippen LogP) is 2.04. The van der Waals surface area contributed by atoms with Crippen LogP contribution in [0.5, 0.6) is 0 Å². The van der Waals surface area contributed by atoms with Gasteiger partial charge in [0.05, 0.1) is 5.56 Å². The SMILES string of the molecule is Cl.Nc1cc(Cl)cc(C(=O)O)c1. The first-order chi connectivity index (χ1) is 5.09. The van der Waals surface area contributed by atoms with Gasteiger partial charge in [0.15, 0.2) is 0 Å². The largest absolute Gasteiger partial charge is 0.478 e. The molecule has 0 aliphatic rings. The second kappa shape index (κ2) is 4.18. The third kappa shape index (κ3) is 2.60. The van der Waals surface area contributed by atoms with E-state index in [-0.39, 0.29) is 18.0 Å². The molecule has 1 aromatic carbocycles. The zero-order valence-electron chi connectivity index (χ0n) is 5.95. The highest BCUT2D eigenvalue weighted by Gasteiger charge is 2.03. The zero-order valence-corrected chi connectivity index (χ0v) is 7.52. The van der Waals surface area contributed by atoms with Gasteiger partial charge in [0.25, 0.3) is 0 Å². The van der Waals surface area contributed by atoms with Gasteiger partial charge in [0, 0.05) is 10.7 Å². The molecule has 0 saturated carbocycles. The lowest BCUT2D eigenvalue weighted by Gasteiger charge is -1.97. The van der Waals surface area contributed by atoms with Gasteiger partial charge in [-0.3, -0.25) is 0 Å². The molecule has 1 aromatic rings. The van der Waals surface area contributed by atoms with E-state index in [1.54, 1.807) is 0 Å². The molecule has 1 rings (SSSR count). The van der Waals surface area contributed by atoms with Crippen LogP contribution in [0.3, 0.4) is 0 Å². The number of carboxylic acids is 1. The van der Waals surface area contributed by atoms with E-state index in [1.807, 2.05) is 0 Å². The number of hydrogen-bond donors (Lipinski definition) is 2. The fourth-order valence-corrected chi connectivity index (χ4v) is 0.979. The molecule has 0 aliphatic heterocycles. The van der Waals surface area contributed by atoms with Crippen LogP contribution in [0.15, 0.2) is 18.2 Å². The first-order valence-electron chi connectivity index (χ1n) is 2.89. The molecule has 5 heteroatoms. The maximum absolute atomic E-state index is 10.4. The van der Waals surface area contributed by atoms with Crippen molar-refractivity contribution in [3.05, 3.63) is 28.8 Å². The van der Waals surface area contributed by atoms with Crippen molar-refractivity contribution in [2.24, 2.45) is 0 Å². The van der Waals surface area contributed by atoms with Crippen molar-refractivity contribution in [3.8, 4) is 0 Å². The van der Waals surface area contributed by atoms with Crippen LogP contribution in [0.1, 0.15) is 10.4 Å². The van der Waals surface area contributed by atoms with Gasteiger partial charge in [-0.15, -0.1) is 12.4 Å². The molecular formula is C7H7Cl2NO2. The average Bonchev–Trinajstić information content (AvgIpc) is 1.85. The Morgan fingerprint density at radius 1 is 1.42 bits per heavy atom. The molecule has 3 nitrogen and oxygen atoms in total. The van der Waals surface area contributed by atoms with Crippen molar-refractivity contribution in [3.63, 3.8) is 0 Å². The summed E-state index contributed by atoms with van der Waals surface area (Å²) in [5.74, 6) is -1.03. The summed E-state index contributed by atoms with van der Waals surface area (Å²) in [4.78, 5) is 10.4. The summed E-state index contributed by atoms with van der Waals surface area (Å²) < 4.78 is 0. The Morgan fingerprint density at radius 3 is 2.42 bits per heavy atom. The smallest absolute Gasteiger partial charge is 0.335 e. The standard InChI is InChI=1S/C7H6ClNO2.ClH/c8-5-1-4(7(10)11)2-6(9)3-5;/h1-3H,9H2,(H,10,11);1H. The van der Waals surface area contributed by atoms with Crippen molar-refractivity contribution < 1.29 is 9.90 Å². The molecule has 0 atom stereocenters. The van der Waals surface area contributed by atoms with Gasteiger partial charge in [-0.2, -0.15) is 0 Å². The number of halogens is 2. The number of hydrogen-bond acceptors (Lipinski definition) is 2. The molecule has 12 heavy (non-hydrogen) atoms. The second-order valence-corrected chi connectivity index (χ2v) is 2.51. The van der Waals surface area contributed by atoms with E-state index in [9.17, 15) is 4.79 Å². The fourth-order valence-electron chi connectivity index (χ4n) is 0.736. The number of benzene rings is 1. The van der Waals surface area contributed by atoms with Crippen LogP contribution in [0.4, 0.5) is 5.69 Å². The van der Waals surface area contributed by atoms with Gasteiger partial charge in [-0.1, -0.05) is 11.6 Å². The van der Waals surface area contributed by atoms with Gasteiger partial charge in [0.1, 0.15) is 0 Å². The quantitative estimate of drug-likeness (QED) is 0.694. The summed E-state index contributed by atoms with van der Waals surface area (Å²) in [6.07, 6.45) is 0. The maximum atomic E-state index is 10.4. The van der Waals surface area contributed by atoms with Gasteiger partial charge in [-0.05, 0) is 18.2 Å². The van der Waals surface area contributed by atoms with Crippen LogP contribution in [0.25, 0.3) is 0 Å². The highest BCUT2D eigenvalue weighted by Crippen LogP contribution is 2.16. The number of anilines is 1. The third-order valence-corrected chi connectivity index (χ3v) is 1.39. The Hall–Kier alpha value is -0.930. The van der Waals surface area contributed by atoms with E-state index in [1.165, 1.54) is 18.2 Å². The van der Waals surface area contributed by atoms with Crippen LogP contribution in [0, 0.1) is 0 Å². The highest BCUT2D eigenvalue weighted by molar-refractivity contribution is 6.31. The van der Waals surface area contributed by atoms with E-state index in [0.717, 1.165) is 0 Å². The van der Waals surface area contributed by atoms with Crippen molar-refractivity contribution >= 4 is 35.7 Å². The minimum absolute atomic E-state index is 0. The molecular weight excluding hydrogens is 201 g/mol. The topological polar surface area (TPSA) is 63.3 Å². The van der Waals surface area contributed by atoms with Crippen LogP contribution in [-0.4, -0.2) is 11.1 Å². The number of carbonyl (C=O) groups is 1. The number of nitrogen functional groups attached to an aromatic ring is 1. The van der Waals surface area contributed by atoms with E-state index < -0.39 is 5.97 Å². The first-order valence-corrected chi connectivity index (χ1v) is 3.27. The van der Waals surface area contributed by atoms with Gasteiger partial charge in [-0.25, -0.2) is 4.79 Å². The molecule has 66 valence electrons. The van der Waals surface area contributed by atoms with E-state index >= 15 is 0 Å². The summed E-state index contributed by atoms with van der Waals surface area (Å²) >= 11 is 5.55. The summed E-state index contributed by atoms with van der Waals surface area (Å²) in [6.45, 7) is 0. The Bertz CT molecular complexity index is 281. The molecule has 0 aromatic heterocycles. The minimum atomic E-state index is -1.03. The predicted molar refractivity (Wildman–Crippen MR) is 50.1 cm³/mol. The Labute approximate surface area is 80.5 Å². The van der Waals surface area contributed by atoms with E-state index in [2.05, 4.69) is 0 Å². The van der Waals surface area contributed by atoms with Crippen LogP contribution < -0.4 is 5.73 Å². The van der Waals surface area contributed by atoms with Crippen LogP contribution in [0.2, 0.25) is 5.02 Å². The molecule has 3 N–H and O–H groups in total. The van der Waals surface area contributed by atoms with Gasteiger partial charge in [0.2, 0.25) is 0 Å². The number of aromatic carboxylic acids is 1. The lowest BCUT2D eigenvalue weighted by molar-refractivity contribution is 0.0697. The maximum Gasteiger partial charge on any atom is 0.335 e. The lowest BCUT2D eigenvalue weighted by Crippen LogP contribution is -1.97. The summed E-state index contributed by atoms with van der Waals surface area (Å²) in [5, 5.41) is 8.86.